The van der Waals surface area contributed by atoms with E-state index in [1.165, 1.54) is 5.56 Å². The van der Waals surface area contributed by atoms with Crippen molar-refractivity contribution < 1.29 is 9.32 Å². The predicted molar refractivity (Wildman–Crippen MR) is 125 cm³/mol. The highest BCUT2D eigenvalue weighted by molar-refractivity contribution is 9.10. The molecule has 0 radical (unpaired) electrons. The van der Waals surface area contributed by atoms with Gasteiger partial charge < -0.3 is 9.84 Å². The zero-order valence-electron chi connectivity index (χ0n) is 17.8. The maximum absolute atomic E-state index is 12.8. The first kappa shape index (κ1) is 21.7. The van der Waals surface area contributed by atoms with Gasteiger partial charge in [-0.15, -0.1) is 0 Å². The van der Waals surface area contributed by atoms with E-state index >= 15 is 0 Å². The molecule has 162 valence electrons. The molecule has 1 fully saturated rings. The molecule has 31 heavy (non-hydrogen) atoms. The van der Waals surface area contributed by atoms with Crippen LogP contribution in [0.2, 0.25) is 0 Å². The molecule has 3 aromatic rings. The number of hydrogen-bond acceptors (Lipinski definition) is 5. The SMILES string of the molecule is CC(C)c1ccc(NC(=O)C2CCCN(Cc3nc(-c4cccc(Br)c4)no3)C2)cc1. The molecule has 0 spiro atoms. The van der Waals surface area contributed by atoms with Crippen LogP contribution in [0.4, 0.5) is 5.69 Å². The van der Waals surface area contributed by atoms with Gasteiger partial charge >= 0.3 is 0 Å². The molecule has 0 saturated carbocycles. The van der Waals surface area contributed by atoms with Crippen molar-refractivity contribution in [2.24, 2.45) is 5.92 Å². The molecule has 6 nitrogen and oxygen atoms in total. The molecule has 1 aromatic heterocycles. The molecule has 0 aliphatic carbocycles. The second-order valence-electron chi connectivity index (χ2n) is 8.36. The summed E-state index contributed by atoms with van der Waals surface area (Å²) < 4.78 is 6.44. The van der Waals surface area contributed by atoms with Gasteiger partial charge in [0.15, 0.2) is 0 Å². The third-order valence-corrected chi connectivity index (χ3v) is 6.12. The van der Waals surface area contributed by atoms with Gasteiger partial charge in [-0.25, -0.2) is 0 Å². The molecule has 4 rings (SSSR count). The minimum Gasteiger partial charge on any atom is -0.338 e. The van der Waals surface area contributed by atoms with Crippen molar-refractivity contribution >= 4 is 27.5 Å². The first-order chi connectivity index (χ1) is 15.0. The quantitative estimate of drug-likeness (QED) is 0.503. The number of likely N-dealkylation sites (tertiary alicyclic amines) is 1. The van der Waals surface area contributed by atoms with Gasteiger partial charge in [0.2, 0.25) is 17.6 Å². The molecular formula is C24H27BrN4O2. The lowest BCUT2D eigenvalue weighted by molar-refractivity contribution is -0.121. The van der Waals surface area contributed by atoms with Crippen molar-refractivity contribution in [1.29, 1.82) is 0 Å². The Morgan fingerprint density at radius 2 is 2.06 bits per heavy atom. The fraction of sp³-hybridized carbons (Fsp3) is 0.375. The number of hydrogen-bond donors (Lipinski definition) is 1. The van der Waals surface area contributed by atoms with E-state index in [4.69, 9.17) is 4.52 Å². The second kappa shape index (κ2) is 9.75. The Morgan fingerprint density at radius 3 is 2.81 bits per heavy atom. The van der Waals surface area contributed by atoms with Crippen molar-refractivity contribution in [1.82, 2.24) is 15.0 Å². The summed E-state index contributed by atoms with van der Waals surface area (Å²) >= 11 is 3.47. The highest BCUT2D eigenvalue weighted by Crippen LogP contribution is 2.24. The van der Waals surface area contributed by atoms with Crippen LogP contribution < -0.4 is 5.32 Å². The highest BCUT2D eigenvalue weighted by atomic mass is 79.9. The molecule has 1 aliphatic heterocycles. The van der Waals surface area contributed by atoms with Crippen molar-refractivity contribution in [2.75, 3.05) is 18.4 Å². The lowest BCUT2D eigenvalue weighted by Crippen LogP contribution is -2.40. The average Bonchev–Trinajstić information content (AvgIpc) is 3.23. The number of aromatic nitrogens is 2. The van der Waals surface area contributed by atoms with Crippen LogP contribution in [-0.4, -0.2) is 34.0 Å². The van der Waals surface area contributed by atoms with Gasteiger partial charge in [-0.05, 0) is 55.1 Å². The molecule has 1 atom stereocenters. The van der Waals surface area contributed by atoms with Gasteiger partial charge in [0.05, 0.1) is 12.5 Å². The minimum atomic E-state index is -0.0500. The van der Waals surface area contributed by atoms with Crippen LogP contribution in [0.15, 0.2) is 57.5 Å². The highest BCUT2D eigenvalue weighted by Gasteiger charge is 2.27. The van der Waals surface area contributed by atoms with Crippen molar-refractivity contribution in [3.05, 3.63) is 64.5 Å². The van der Waals surface area contributed by atoms with Crippen LogP contribution in [0.5, 0.6) is 0 Å². The van der Waals surface area contributed by atoms with Crippen molar-refractivity contribution in [3.8, 4) is 11.4 Å². The van der Waals surface area contributed by atoms with Gasteiger partial charge in [-0.3, -0.25) is 9.69 Å². The van der Waals surface area contributed by atoms with Crippen molar-refractivity contribution in [2.45, 2.75) is 39.2 Å². The van der Waals surface area contributed by atoms with Crippen LogP contribution in [0.25, 0.3) is 11.4 Å². The summed E-state index contributed by atoms with van der Waals surface area (Å²) in [4.78, 5) is 19.6. The average molecular weight is 483 g/mol. The van der Waals surface area contributed by atoms with E-state index in [1.54, 1.807) is 0 Å². The Bertz CT molecular complexity index is 1030. The van der Waals surface area contributed by atoms with Gasteiger partial charge in [0, 0.05) is 22.3 Å². The van der Waals surface area contributed by atoms with Gasteiger partial charge in [-0.2, -0.15) is 4.98 Å². The number of nitrogens with one attached hydrogen (secondary N) is 1. The molecule has 1 amide bonds. The third-order valence-electron chi connectivity index (χ3n) is 5.63. The zero-order chi connectivity index (χ0) is 21.8. The third kappa shape index (κ3) is 5.60. The first-order valence-electron chi connectivity index (χ1n) is 10.7. The van der Waals surface area contributed by atoms with E-state index in [-0.39, 0.29) is 11.8 Å². The number of carbonyl (C=O) groups excluding carboxylic acids is 1. The summed E-state index contributed by atoms with van der Waals surface area (Å²) in [6.45, 7) is 6.48. The summed E-state index contributed by atoms with van der Waals surface area (Å²) in [5, 5.41) is 7.18. The number of amides is 1. The summed E-state index contributed by atoms with van der Waals surface area (Å²) in [6, 6.07) is 15.9. The van der Waals surface area contributed by atoms with Gasteiger partial charge in [0.1, 0.15) is 0 Å². The smallest absolute Gasteiger partial charge is 0.241 e. The summed E-state index contributed by atoms with van der Waals surface area (Å²) in [7, 11) is 0. The van der Waals surface area contributed by atoms with Crippen LogP contribution in [-0.2, 0) is 11.3 Å². The number of halogens is 1. The summed E-state index contributed by atoms with van der Waals surface area (Å²) in [5.74, 6) is 1.64. The van der Waals surface area contributed by atoms with Crippen LogP contribution in [0.3, 0.4) is 0 Å². The standard InChI is InChI=1S/C24H27BrN4O2/c1-16(2)17-8-10-21(11-9-17)26-24(30)19-6-4-12-29(14-19)15-22-27-23(28-31-22)18-5-3-7-20(25)13-18/h3,5,7-11,13,16,19H,4,6,12,14-15H2,1-2H3,(H,26,30). The number of carbonyl (C=O) groups is 1. The van der Waals surface area contributed by atoms with E-state index in [2.05, 4.69) is 62.3 Å². The molecule has 1 saturated heterocycles. The van der Waals surface area contributed by atoms with E-state index in [0.717, 1.165) is 35.1 Å². The molecule has 2 aromatic carbocycles. The van der Waals surface area contributed by atoms with E-state index in [1.807, 2.05) is 36.4 Å². The number of rotatable bonds is 6. The predicted octanol–water partition coefficient (Wildman–Crippen LogP) is 5.47. The number of benzene rings is 2. The van der Waals surface area contributed by atoms with Crippen LogP contribution in [0.1, 0.15) is 44.1 Å². The summed E-state index contributed by atoms with van der Waals surface area (Å²) in [6.07, 6.45) is 1.86. The Labute approximate surface area is 191 Å². The number of anilines is 1. The molecule has 7 heteroatoms. The lowest BCUT2D eigenvalue weighted by Gasteiger charge is -2.30. The monoisotopic (exact) mass is 482 g/mol. The molecule has 1 unspecified atom stereocenters. The summed E-state index contributed by atoms with van der Waals surface area (Å²) in [5.41, 5.74) is 3.02. The second-order valence-corrected chi connectivity index (χ2v) is 9.28. The van der Waals surface area contributed by atoms with Gasteiger partial charge in [0.25, 0.3) is 0 Å². The maximum atomic E-state index is 12.8. The molecule has 0 bridgehead atoms. The molecule has 1 N–H and O–H groups in total. The van der Waals surface area contributed by atoms with Crippen LogP contribution in [0, 0.1) is 5.92 Å². The Hall–Kier alpha value is -2.51. The Balaban J connectivity index is 1.34. The first-order valence-corrected chi connectivity index (χ1v) is 11.5. The van der Waals surface area contributed by atoms with Crippen molar-refractivity contribution in [3.63, 3.8) is 0 Å². The molecular weight excluding hydrogens is 456 g/mol. The maximum Gasteiger partial charge on any atom is 0.241 e. The Morgan fingerprint density at radius 1 is 1.26 bits per heavy atom. The van der Waals surface area contributed by atoms with E-state index < -0.39 is 0 Å². The lowest BCUT2D eigenvalue weighted by atomic mass is 9.97. The Kier molecular flexibility index (Phi) is 6.83. The van der Waals surface area contributed by atoms with E-state index in [9.17, 15) is 4.79 Å². The minimum absolute atomic E-state index is 0.0500. The largest absolute Gasteiger partial charge is 0.338 e. The zero-order valence-corrected chi connectivity index (χ0v) is 19.4. The number of piperidine rings is 1. The normalized spacial score (nSPS) is 17.1. The van der Waals surface area contributed by atoms with Crippen LogP contribution >= 0.6 is 15.9 Å². The van der Waals surface area contributed by atoms with Gasteiger partial charge in [-0.1, -0.05) is 59.2 Å². The molecule has 1 aliphatic rings. The topological polar surface area (TPSA) is 71.3 Å². The fourth-order valence-electron chi connectivity index (χ4n) is 3.86. The molecule has 2 heterocycles. The number of nitrogens with zero attached hydrogens (tertiary/aromatic N) is 3. The van der Waals surface area contributed by atoms with E-state index in [0.29, 0.717) is 30.7 Å². The fourth-order valence-corrected chi connectivity index (χ4v) is 4.26.